The molecule has 0 fully saturated rings. The maximum atomic E-state index is 13.2. The van der Waals surface area contributed by atoms with Gasteiger partial charge in [-0.15, -0.1) is 10.2 Å². The fourth-order valence-electron chi connectivity index (χ4n) is 2.49. The Morgan fingerprint density at radius 2 is 1.77 bits per heavy atom. The fourth-order valence-corrected chi connectivity index (χ4v) is 2.67. The number of carbonyl (C=O) groups excluding carboxylic acids is 1. The number of anilines is 2. The standard InChI is InChI=1S/C20H14ClFN6O2/c21-16-11-14(3-6-17(16)22)25-20(29)24-13-1-4-15(5-2-13)30-19-8-7-18(26-27-19)28-10-9-23-12-28/h1-12H,(H2,24,25,29). The van der Waals surface area contributed by atoms with E-state index in [9.17, 15) is 9.18 Å². The van der Waals surface area contributed by atoms with Gasteiger partial charge in [-0.3, -0.25) is 4.57 Å². The molecule has 0 atom stereocenters. The molecule has 0 spiro atoms. The summed E-state index contributed by atoms with van der Waals surface area (Å²) in [6, 6.07) is 13.6. The highest BCUT2D eigenvalue weighted by atomic mass is 35.5. The van der Waals surface area contributed by atoms with Crippen molar-refractivity contribution in [3.8, 4) is 17.4 Å². The fraction of sp³-hybridized carbons (Fsp3) is 0. The predicted octanol–water partition coefficient (Wildman–Crippen LogP) is 4.89. The van der Waals surface area contributed by atoms with Crippen molar-refractivity contribution in [3.05, 3.63) is 84.2 Å². The molecule has 2 aromatic carbocycles. The van der Waals surface area contributed by atoms with Crippen LogP contribution in [0, 0.1) is 5.82 Å². The Hall–Kier alpha value is -3.98. The largest absolute Gasteiger partial charge is 0.438 e. The third-order valence-corrected chi connectivity index (χ3v) is 4.20. The average molecular weight is 425 g/mol. The molecule has 0 aliphatic carbocycles. The van der Waals surface area contributed by atoms with Gasteiger partial charge in [-0.05, 0) is 48.5 Å². The zero-order valence-corrected chi connectivity index (χ0v) is 16.0. The normalized spacial score (nSPS) is 10.5. The number of halogens is 2. The minimum absolute atomic E-state index is 0.0736. The second kappa shape index (κ2) is 8.58. The highest BCUT2D eigenvalue weighted by molar-refractivity contribution is 6.31. The van der Waals surface area contributed by atoms with Crippen molar-refractivity contribution in [2.24, 2.45) is 0 Å². The van der Waals surface area contributed by atoms with Gasteiger partial charge in [0.1, 0.15) is 17.9 Å². The zero-order chi connectivity index (χ0) is 20.9. The van der Waals surface area contributed by atoms with Crippen LogP contribution in [0.3, 0.4) is 0 Å². The molecule has 2 heterocycles. The third kappa shape index (κ3) is 4.70. The van der Waals surface area contributed by atoms with Crippen molar-refractivity contribution in [2.75, 3.05) is 10.6 Å². The lowest BCUT2D eigenvalue weighted by molar-refractivity contribution is 0.262. The molecule has 4 aromatic rings. The van der Waals surface area contributed by atoms with Crippen LogP contribution in [-0.4, -0.2) is 25.8 Å². The minimum Gasteiger partial charge on any atom is -0.438 e. The molecule has 8 nitrogen and oxygen atoms in total. The van der Waals surface area contributed by atoms with Crippen LogP contribution < -0.4 is 15.4 Å². The lowest BCUT2D eigenvalue weighted by Gasteiger charge is -2.09. The number of ether oxygens (including phenoxy) is 1. The number of hydrogen-bond acceptors (Lipinski definition) is 5. The number of amides is 2. The van der Waals surface area contributed by atoms with Crippen LogP contribution in [0.2, 0.25) is 5.02 Å². The van der Waals surface area contributed by atoms with E-state index in [4.69, 9.17) is 16.3 Å². The summed E-state index contributed by atoms with van der Waals surface area (Å²) in [5, 5.41) is 13.3. The van der Waals surface area contributed by atoms with Gasteiger partial charge < -0.3 is 15.4 Å². The lowest BCUT2D eigenvalue weighted by Crippen LogP contribution is -2.19. The molecule has 10 heteroatoms. The maximum absolute atomic E-state index is 13.2. The molecule has 30 heavy (non-hydrogen) atoms. The number of rotatable bonds is 5. The Bertz CT molecular complexity index is 1150. The van der Waals surface area contributed by atoms with Gasteiger partial charge >= 0.3 is 6.03 Å². The summed E-state index contributed by atoms with van der Waals surface area (Å²) >= 11 is 5.70. The molecule has 2 aromatic heterocycles. The molecular formula is C20H14ClFN6O2. The summed E-state index contributed by atoms with van der Waals surface area (Å²) in [4.78, 5) is 16.0. The Labute approximate surface area is 175 Å². The summed E-state index contributed by atoms with van der Waals surface area (Å²) in [5.74, 6) is 0.911. The number of imidazole rings is 1. The van der Waals surface area contributed by atoms with Crippen LogP contribution in [-0.2, 0) is 0 Å². The third-order valence-electron chi connectivity index (χ3n) is 3.91. The van der Waals surface area contributed by atoms with Gasteiger partial charge in [0.05, 0.1) is 5.02 Å². The number of hydrogen-bond donors (Lipinski definition) is 2. The van der Waals surface area contributed by atoms with Gasteiger partial charge in [-0.1, -0.05) is 11.6 Å². The molecule has 0 saturated heterocycles. The summed E-state index contributed by atoms with van der Waals surface area (Å²) in [7, 11) is 0. The van der Waals surface area contributed by atoms with Gasteiger partial charge in [-0.2, -0.15) is 0 Å². The summed E-state index contributed by atoms with van der Waals surface area (Å²) in [6.45, 7) is 0. The monoisotopic (exact) mass is 424 g/mol. The molecule has 2 N–H and O–H groups in total. The molecule has 2 amide bonds. The topological polar surface area (TPSA) is 94.0 Å². The van der Waals surface area contributed by atoms with Crippen molar-refractivity contribution in [1.82, 2.24) is 19.7 Å². The van der Waals surface area contributed by atoms with Crippen molar-refractivity contribution in [2.45, 2.75) is 0 Å². The van der Waals surface area contributed by atoms with Crippen LogP contribution in [0.4, 0.5) is 20.6 Å². The van der Waals surface area contributed by atoms with Gasteiger partial charge in [0.25, 0.3) is 0 Å². The second-order valence-electron chi connectivity index (χ2n) is 6.03. The summed E-state index contributed by atoms with van der Waals surface area (Å²) < 4.78 is 20.6. The Kier molecular flexibility index (Phi) is 5.53. The summed E-state index contributed by atoms with van der Waals surface area (Å²) in [5.41, 5.74) is 0.908. The van der Waals surface area contributed by atoms with E-state index < -0.39 is 11.8 Å². The number of nitrogens with zero attached hydrogens (tertiary/aromatic N) is 4. The quantitative estimate of drug-likeness (QED) is 0.475. The predicted molar refractivity (Wildman–Crippen MR) is 110 cm³/mol. The molecule has 150 valence electrons. The van der Waals surface area contributed by atoms with Gasteiger partial charge in [0.15, 0.2) is 5.82 Å². The van der Waals surface area contributed by atoms with E-state index in [0.29, 0.717) is 28.8 Å². The Morgan fingerprint density at radius 1 is 1.00 bits per heavy atom. The van der Waals surface area contributed by atoms with E-state index >= 15 is 0 Å². The molecule has 0 bridgehead atoms. The lowest BCUT2D eigenvalue weighted by atomic mass is 10.3. The number of nitrogens with one attached hydrogen (secondary N) is 2. The molecule has 0 unspecified atom stereocenters. The van der Waals surface area contributed by atoms with Crippen molar-refractivity contribution < 1.29 is 13.9 Å². The van der Waals surface area contributed by atoms with E-state index in [-0.39, 0.29) is 5.02 Å². The number of benzene rings is 2. The first-order valence-electron chi connectivity index (χ1n) is 8.70. The molecule has 0 radical (unpaired) electrons. The van der Waals surface area contributed by atoms with E-state index in [1.54, 1.807) is 59.7 Å². The zero-order valence-electron chi connectivity index (χ0n) is 15.3. The van der Waals surface area contributed by atoms with Gasteiger partial charge in [0.2, 0.25) is 5.88 Å². The molecular weight excluding hydrogens is 411 g/mol. The molecule has 0 aliphatic rings. The Balaban J connectivity index is 1.34. The first-order chi connectivity index (χ1) is 14.6. The van der Waals surface area contributed by atoms with Crippen LogP contribution in [0.25, 0.3) is 5.82 Å². The Morgan fingerprint density at radius 3 is 2.43 bits per heavy atom. The molecule has 0 aliphatic heterocycles. The van der Waals surface area contributed by atoms with Crippen LogP contribution in [0.5, 0.6) is 11.6 Å². The summed E-state index contributed by atoms with van der Waals surface area (Å²) in [6.07, 6.45) is 5.03. The first-order valence-corrected chi connectivity index (χ1v) is 9.08. The maximum Gasteiger partial charge on any atom is 0.323 e. The van der Waals surface area contributed by atoms with Crippen LogP contribution >= 0.6 is 11.6 Å². The van der Waals surface area contributed by atoms with Crippen molar-refractivity contribution >= 4 is 29.0 Å². The van der Waals surface area contributed by atoms with Gasteiger partial charge in [-0.25, -0.2) is 14.2 Å². The molecule has 4 rings (SSSR count). The molecule has 0 saturated carbocycles. The SMILES string of the molecule is O=C(Nc1ccc(Oc2ccc(-n3ccnc3)nn2)cc1)Nc1ccc(F)c(Cl)c1. The van der Waals surface area contributed by atoms with Crippen molar-refractivity contribution in [3.63, 3.8) is 0 Å². The number of aromatic nitrogens is 4. The van der Waals surface area contributed by atoms with E-state index in [0.717, 1.165) is 0 Å². The van der Waals surface area contributed by atoms with E-state index in [1.807, 2.05) is 0 Å². The van der Waals surface area contributed by atoms with E-state index in [1.165, 1.54) is 18.2 Å². The highest BCUT2D eigenvalue weighted by Crippen LogP contribution is 2.22. The van der Waals surface area contributed by atoms with E-state index in [2.05, 4.69) is 25.8 Å². The number of carbonyl (C=O) groups is 1. The number of urea groups is 1. The minimum atomic E-state index is -0.556. The first kappa shape index (κ1) is 19.3. The van der Waals surface area contributed by atoms with Crippen molar-refractivity contribution in [1.29, 1.82) is 0 Å². The highest BCUT2D eigenvalue weighted by Gasteiger charge is 2.07. The van der Waals surface area contributed by atoms with Crippen LogP contribution in [0.15, 0.2) is 73.3 Å². The smallest absolute Gasteiger partial charge is 0.323 e. The van der Waals surface area contributed by atoms with Crippen LogP contribution in [0.1, 0.15) is 0 Å². The average Bonchev–Trinajstić information content (AvgIpc) is 3.28. The van der Waals surface area contributed by atoms with Gasteiger partial charge in [0, 0.05) is 29.8 Å². The second-order valence-corrected chi connectivity index (χ2v) is 6.44.